The Bertz CT molecular complexity index is 1770. The molecule has 5 aromatic carbocycles. The quantitative estimate of drug-likeness (QED) is 0.0799. The van der Waals surface area contributed by atoms with Crippen LogP contribution in [0.15, 0.2) is 103 Å². The van der Waals surface area contributed by atoms with E-state index in [1.54, 1.807) is 13.8 Å². The van der Waals surface area contributed by atoms with E-state index in [9.17, 15) is 9.59 Å². The SMILES string of the molecule is CCC(=O)OC(COc1ccccc1)COc1c2ccccc2c(OCC(COc2ccccc2)OC(=O)CC)c2cc(C)ccc12. The van der Waals surface area contributed by atoms with Gasteiger partial charge in [-0.15, -0.1) is 0 Å². The van der Waals surface area contributed by atoms with Crippen molar-refractivity contribution in [2.24, 2.45) is 0 Å². The summed E-state index contributed by atoms with van der Waals surface area (Å²) >= 11 is 0. The van der Waals surface area contributed by atoms with Crippen molar-refractivity contribution in [2.45, 2.75) is 45.8 Å². The molecule has 8 heteroatoms. The number of carbonyl (C=O) groups excluding carboxylic acids is 2. The Morgan fingerprint density at radius 1 is 0.511 bits per heavy atom. The van der Waals surface area contributed by atoms with Crippen LogP contribution in [0.25, 0.3) is 21.5 Å². The van der Waals surface area contributed by atoms with E-state index < -0.39 is 12.2 Å². The normalized spacial score (nSPS) is 12.2. The number of ether oxygens (including phenoxy) is 6. The van der Waals surface area contributed by atoms with Gasteiger partial charge in [-0.25, -0.2) is 0 Å². The van der Waals surface area contributed by atoms with Crippen LogP contribution in [0.3, 0.4) is 0 Å². The minimum Gasteiger partial charge on any atom is -0.490 e. The van der Waals surface area contributed by atoms with Crippen molar-refractivity contribution < 1.29 is 38.0 Å². The van der Waals surface area contributed by atoms with Gasteiger partial charge in [0.25, 0.3) is 0 Å². The molecule has 244 valence electrons. The molecule has 0 spiro atoms. The van der Waals surface area contributed by atoms with Gasteiger partial charge in [0.2, 0.25) is 0 Å². The molecule has 47 heavy (non-hydrogen) atoms. The molecule has 0 saturated heterocycles. The van der Waals surface area contributed by atoms with Crippen LogP contribution in [-0.2, 0) is 19.1 Å². The molecule has 0 aliphatic rings. The molecule has 0 heterocycles. The monoisotopic (exact) mass is 636 g/mol. The lowest BCUT2D eigenvalue weighted by Crippen LogP contribution is -2.31. The van der Waals surface area contributed by atoms with E-state index in [-0.39, 0.29) is 51.2 Å². The predicted molar refractivity (Wildman–Crippen MR) is 181 cm³/mol. The summed E-state index contributed by atoms with van der Waals surface area (Å²) in [4.78, 5) is 24.6. The number of carbonyl (C=O) groups is 2. The Morgan fingerprint density at radius 3 is 1.38 bits per heavy atom. The summed E-state index contributed by atoms with van der Waals surface area (Å²) < 4.78 is 36.3. The second-order valence-electron chi connectivity index (χ2n) is 11.1. The van der Waals surface area contributed by atoms with E-state index in [1.807, 2.05) is 110 Å². The zero-order valence-corrected chi connectivity index (χ0v) is 27.0. The Kier molecular flexibility index (Phi) is 11.5. The average Bonchev–Trinajstić information content (AvgIpc) is 3.11. The molecule has 2 atom stereocenters. The molecule has 8 nitrogen and oxygen atoms in total. The molecular formula is C39H40O8. The molecule has 0 radical (unpaired) electrons. The smallest absolute Gasteiger partial charge is 0.306 e. The van der Waals surface area contributed by atoms with Crippen molar-refractivity contribution in [3.63, 3.8) is 0 Å². The van der Waals surface area contributed by atoms with Crippen LogP contribution < -0.4 is 18.9 Å². The number of rotatable bonds is 16. The van der Waals surface area contributed by atoms with Crippen molar-refractivity contribution in [1.82, 2.24) is 0 Å². The van der Waals surface area contributed by atoms with Gasteiger partial charge in [-0.2, -0.15) is 0 Å². The average molecular weight is 637 g/mol. The fourth-order valence-electron chi connectivity index (χ4n) is 5.06. The first-order valence-electron chi connectivity index (χ1n) is 15.9. The third-order valence-electron chi connectivity index (χ3n) is 7.44. The lowest BCUT2D eigenvalue weighted by Gasteiger charge is -2.23. The number of hydrogen-bond acceptors (Lipinski definition) is 8. The van der Waals surface area contributed by atoms with Crippen molar-refractivity contribution in [1.29, 1.82) is 0 Å². The maximum absolute atomic E-state index is 12.3. The van der Waals surface area contributed by atoms with Crippen LogP contribution in [0.1, 0.15) is 32.3 Å². The van der Waals surface area contributed by atoms with Crippen LogP contribution in [0.2, 0.25) is 0 Å². The Hall–Kier alpha value is -5.24. The molecule has 5 aromatic rings. The van der Waals surface area contributed by atoms with Gasteiger partial charge in [0, 0.05) is 34.4 Å². The number of hydrogen-bond donors (Lipinski definition) is 0. The van der Waals surface area contributed by atoms with Gasteiger partial charge in [-0.1, -0.05) is 92.2 Å². The lowest BCUT2D eigenvalue weighted by atomic mass is 9.99. The molecule has 0 aliphatic carbocycles. The maximum atomic E-state index is 12.3. The highest BCUT2D eigenvalue weighted by Crippen LogP contribution is 2.43. The molecule has 0 amide bonds. The Morgan fingerprint density at radius 2 is 0.915 bits per heavy atom. The van der Waals surface area contributed by atoms with Crippen LogP contribution in [0.4, 0.5) is 0 Å². The molecule has 0 aromatic heterocycles. The molecule has 2 unspecified atom stereocenters. The van der Waals surface area contributed by atoms with Crippen LogP contribution in [0, 0.1) is 6.92 Å². The molecule has 5 rings (SSSR count). The number of benzene rings is 5. The van der Waals surface area contributed by atoms with E-state index in [1.165, 1.54) is 0 Å². The zero-order chi connectivity index (χ0) is 33.0. The van der Waals surface area contributed by atoms with Gasteiger partial charge in [-0.05, 0) is 37.3 Å². The number of aryl methyl sites for hydroxylation is 1. The number of esters is 2. The van der Waals surface area contributed by atoms with Gasteiger partial charge < -0.3 is 28.4 Å². The first-order valence-corrected chi connectivity index (χ1v) is 15.9. The molecule has 0 bridgehead atoms. The van der Waals surface area contributed by atoms with Gasteiger partial charge in [-0.3, -0.25) is 9.59 Å². The summed E-state index contributed by atoms with van der Waals surface area (Å²) in [6.07, 6.45) is -0.805. The Labute approximate surface area is 275 Å². The van der Waals surface area contributed by atoms with E-state index in [4.69, 9.17) is 28.4 Å². The van der Waals surface area contributed by atoms with Crippen LogP contribution >= 0.6 is 0 Å². The van der Waals surface area contributed by atoms with Crippen molar-refractivity contribution in [2.75, 3.05) is 26.4 Å². The van der Waals surface area contributed by atoms with Crippen LogP contribution in [0.5, 0.6) is 23.0 Å². The van der Waals surface area contributed by atoms with Gasteiger partial charge in [0.05, 0.1) is 0 Å². The van der Waals surface area contributed by atoms with Crippen molar-refractivity contribution >= 4 is 33.5 Å². The summed E-state index contributed by atoms with van der Waals surface area (Å²) in [6.45, 7) is 5.95. The lowest BCUT2D eigenvalue weighted by molar-refractivity contribution is -0.152. The number of para-hydroxylation sites is 2. The van der Waals surface area contributed by atoms with Crippen molar-refractivity contribution in [3.8, 4) is 23.0 Å². The van der Waals surface area contributed by atoms with E-state index >= 15 is 0 Å². The molecule has 0 N–H and O–H groups in total. The standard InChI is InChI=1S/C39H40O8/c1-4-36(40)46-30(23-42-28-14-8-6-9-15-28)25-44-38-32-18-12-13-19-33(32)39(35-22-27(3)20-21-34(35)38)45-26-31(47-37(41)5-2)24-43-29-16-10-7-11-17-29/h6-22,30-31H,4-5,23-26H2,1-3H3. The summed E-state index contributed by atoms with van der Waals surface area (Å²) in [6, 6.07) is 32.6. The fourth-order valence-corrected chi connectivity index (χ4v) is 5.06. The van der Waals surface area contributed by atoms with E-state index in [0.29, 0.717) is 23.0 Å². The minimum atomic E-state index is -0.643. The largest absolute Gasteiger partial charge is 0.490 e. The van der Waals surface area contributed by atoms with Gasteiger partial charge >= 0.3 is 11.9 Å². The van der Waals surface area contributed by atoms with Crippen LogP contribution in [-0.4, -0.2) is 50.6 Å². The molecular weight excluding hydrogens is 596 g/mol. The highest BCUT2D eigenvalue weighted by atomic mass is 16.6. The predicted octanol–water partition coefficient (Wildman–Crippen LogP) is 7.86. The minimum absolute atomic E-state index is 0.0810. The van der Waals surface area contributed by atoms with E-state index in [0.717, 1.165) is 27.1 Å². The third kappa shape index (κ3) is 8.94. The van der Waals surface area contributed by atoms with Gasteiger partial charge in [0.1, 0.15) is 49.4 Å². The highest BCUT2D eigenvalue weighted by molar-refractivity contribution is 6.11. The third-order valence-corrected chi connectivity index (χ3v) is 7.44. The fraction of sp³-hybridized carbons (Fsp3) is 0.282. The maximum Gasteiger partial charge on any atom is 0.306 e. The molecule has 0 fully saturated rings. The first kappa shape index (κ1) is 33.1. The van der Waals surface area contributed by atoms with E-state index in [2.05, 4.69) is 0 Å². The summed E-state index contributed by atoms with van der Waals surface area (Å²) in [5.74, 6) is 1.97. The first-order chi connectivity index (χ1) is 22.9. The second kappa shape index (κ2) is 16.4. The summed E-state index contributed by atoms with van der Waals surface area (Å²) in [7, 11) is 0. The number of fused-ring (bicyclic) bond motifs is 2. The summed E-state index contributed by atoms with van der Waals surface area (Å²) in [5, 5.41) is 3.32. The Balaban J connectivity index is 1.43. The van der Waals surface area contributed by atoms with Crippen molar-refractivity contribution in [3.05, 3.63) is 109 Å². The summed E-state index contributed by atoms with van der Waals surface area (Å²) in [5.41, 5.74) is 1.04. The zero-order valence-electron chi connectivity index (χ0n) is 27.0. The highest BCUT2D eigenvalue weighted by Gasteiger charge is 2.22. The van der Waals surface area contributed by atoms with Gasteiger partial charge in [0.15, 0.2) is 12.2 Å². The topological polar surface area (TPSA) is 89.5 Å². The molecule has 0 aliphatic heterocycles. The molecule has 0 saturated carbocycles. The second-order valence-corrected chi connectivity index (χ2v) is 11.1.